The standard InChI is InChI=1S/C24H28N6O2/c31-21-7-4-13-29(21)16-22(32)30-14-11-18(15-30)20-9-8-19-23(27-28-24(19)26-20)25-12-10-17-5-2-1-3-6-17/h1-3,5-6,8-9,18H,4,7,10-16H2,(H2,25,26,27,28)/t18-/m0/s1. The zero-order valence-electron chi connectivity index (χ0n) is 18.1. The first kappa shape index (κ1) is 20.5. The van der Waals surface area contributed by atoms with E-state index in [0.29, 0.717) is 26.1 Å². The molecule has 0 aliphatic carbocycles. The number of likely N-dealkylation sites (tertiary alicyclic amines) is 2. The number of benzene rings is 1. The maximum absolute atomic E-state index is 12.6. The second-order valence-corrected chi connectivity index (χ2v) is 8.61. The molecule has 8 heteroatoms. The van der Waals surface area contributed by atoms with Gasteiger partial charge in [-0.15, -0.1) is 0 Å². The number of carbonyl (C=O) groups is 2. The summed E-state index contributed by atoms with van der Waals surface area (Å²) in [5.41, 5.74) is 3.02. The van der Waals surface area contributed by atoms with Gasteiger partial charge in [0.2, 0.25) is 11.8 Å². The monoisotopic (exact) mass is 432 g/mol. The molecular formula is C24H28N6O2. The maximum Gasteiger partial charge on any atom is 0.242 e. The minimum atomic E-state index is 0.0373. The molecule has 32 heavy (non-hydrogen) atoms. The summed E-state index contributed by atoms with van der Waals surface area (Å²) in [5.74, 6) is 1.15. The zero-order chi connectivity index (χ0) is 21.9. The largest absolute Gasteiger partial charge is 0.368 e. The number of nitrogens with one attached hydrogen (secondary N) is 2. The van der Waals surface area contributed by atoms with E-state index < -0.39 is 0 Å². The summed E-state index contributed by atoms with van der Waals surface area (Å²) >= 11 is 0. The number of hydrogen-bond donors (Lipinski definition) is 2. The third-order valence-electron chi connectivity index (χ3n) is 6.45. The molecule has 2 amide bonds. The highest BCUT2D eigenvalue weighted by Crippen LogP contribution is 2.29. The number of aromatic amines is 1. The number of anilines is 1. The molecular weight excluding hydrogens is 404 g/mol. The molecule has 0 spiro atoms. The molecule has 2 N–H and O–H groups in total. The molecule has 0 radical (unpaired) electrons. The third kappa shape index (κ3) is 4.30. The molecule has 8 nitrogen and oxygen atoms in total. The Kier molecular flexibility index (Phi) is 5.75. The fourth-order valence-electron chi connectivity index (χ4n) is 4.61. The van der Waals surface area contributed by atoms with Crippen LogP contribution in [0.25, 0.3) is 11.0 Å². The van der Waals surface area contributed by atoms with E-state index in [1.807, 2.05) is 29.2 Å². The fraction of sp³-hybridized carbons (Fsp3) is 0.417. The Labute approximate surface area is 187 Å². The molecule has 0 saturated carbocycles. The van der Waals surface area contributed by atoms with Gasteiger partial charge in [0.25, 0.3) is 0 Å². The van der Waals surface area contributed by atoms with Gasteiger partial charge in [-0.25, -0.2) is 4.98 Å². The number of fused-ring (bicyclic) bond motifs is 1. The van der Waals surface area contributed by atoms with Gasteiger partial charge in [-0.05, 0) is 37.0 Å². The van der Waals surface area contributed by atoms with Crippen molar-refractivity contribution in [2.24, 2.45) is 0 Å². The Morgan fingerprint density at radius 3 is 2.84 bits per heavy atom. The minimum Gasteiger partial charge on any atom is -0.368 e. The summed E-state index contributed by atoms with van der Waals surface area (Å²) in [6.45, 7) is 3.05. The van der Waals surface area contributed by atoms with E-state index in [2.05, 4.69) is 33.7 Å². The van der Waals surface area contributed by atoms with Gasteiger partial charge in [0, 0.05) is 44.2 Å². The van der Waals surface area contributed by atoms with Gasteiger partial charge in [0.15, 0.2) is 11.5 Å². The molecule has 1 aromatic carbocycles. The molecule has 0 unspecified atom stereocenters. The second kappa shape index (κ2) is 8.98. The number of rotatable bonds is 7. The first-order valence-corrected chi connectivity index (χ1v) is 11.4. The Bertz CT molecular complexity index is 1110. The highest BCUT2D eigenvalue weighted by Gasteiger charge is 2.31. The van der Waals surface area contributed by atoms with Gasteiger partial charge in [-0.1, -0.05) is 30.3 Å². The van der Waals surface area contributed by atoms with Crippen LogP contribution in [0.2, 0.25) is 0 Å². The quantitative estimate of drug-likeness (QED) is 0.598. The third-order valence-corrected chi connectivity index (χ3v) is 6.45. The highest BCUT2D eigenvalue weighted by atomic mass is 16.2. The minimum absolute atomic E-state index is 0.0373. The normalized spacial score (nSPS) is 18.6. The van der Waals surface area contributed by atoms with Crippen LogP contribution in [-0.4, -0.2) is 69.5 Å². The number of carbonyl (C=O) groups excluding carboxylic acids is 2. The van der Waals surface area contributed by atoms with Crippen molar-refractivity contribution in [1.29, 1.82) is 0 Å². The van der Waals surface area contributed by atoms with Crippen molar-refractivity contribution >= 4 is 28.7 Å². The smallest absolute Gasteiger partial charge is 0.242 e. The van der Waals surface area contributed by atoms with E-state index in [4.69, 9.17) is 4.98 Å². The van der Waals surface area contributed by atoms with Crippen molar-refractivity contribution in [3.8, 4) is 0 Å². The van der Waals surface area contributed by atoms with Crippen molar-refractivity contribution in [3.05, 3.63) is 53.7 Å². The summed E-state index contributed by atoms with van der Waals surface area (Å²) in [6.07, 6.45) is 3.23. The maximum atomic E-state index is 12.6. The van der Waals surface area contributed by atoms with E-state index in [1.165, 1.54) is 5.56 Å². The van der Waals surface area contributed by atoms with Gasteiger partial charge < -0.3 is 15.1 Å². The van der Waals surface area contributed by atoms with E-state index in [0.717, 1.165) is 48.4 Å². The molecule has 166 valence electrons. The number of amides is 2. The summed E-state index contributed by atoms with van der Waals surface area (Å²) in [7, 11) is 0. The lowest BCUT2D eigenvalue weighted by Crippen LogP contribution is -2.39. The van der Waals surface area contributed by atoms with Gasteiger partial charge in [0.1, 0.15) is 0 Å². The zero-order valence-corrected chi connectivity index (χ0v) is 18.1. The molecule has 2 saturated heterocycles. The Morgan fingerprint density at radius 2 is 2.03 bits per heavy atom. The molecule has 3 aromatic rings. The Morgan fingerprint density at radius 1 is 1.16 bits per heavy atom. The molecule has 4 heterocycles. The number of pyridine rings is 1. The van der Waals surface area contributed by atoms with E-state index >= 15 is 0 Å². The average molecular weight is 433 g/mol. The van der Waals surface area contributed by atoms with Crippen LogP contribution in [0.15, 0.2) is 42.5 Å². The van der Waals surface area contributed by atoms with Crippen LogP contribution < -0.4 is 5.32 Å². The van der Waals surface area contributed by atoms with Crippen molar-refractivity contribution < 1.29 is 9.59 Å². The van der Waals surface area contributed by atoms with Crippen molar-refractivity contribution in [2.75, 3.05) is 38.0 Å². The van der Waals surface area contributed by atoms with Crippen LogP contribution in [0.1, 0.15) is 36.4 Å². The fourth-order valence-corrected chi connectivity index (χ4v) is 4.61. The van der Waals surface area contributed by atoms with Gasteiger partial charge in [0.05, 0.1) is 11.9 Å². The number of aromatic nitrogens is 3. The number of hydrogen-bond acceptors (Lipinski definition) is 5. The summed E-state index contributed by atoms with van der Waals surface area (Å²) < 4.78 is 0. The highest BCUT2D eigenvalue weighted by molar-refractivity contribution is 5.87. The Balaban J connectivity index is 1.19. The predicted molar refractivity (Wildman–Crippen MR) is 122 cm³/mol. The van der Waals surface area contributed by atoms with E-state index in [1.54, 1.807) is 4.90 Å². The average Bonchev–Trinajstić information content (AvgIpc) is 3.55. The molecule has 5 rings (SSSR count). The van der Waals surface area contributed by atoms with Crippen molar-refractivity contribution in [1.82, 2.24) is 25.0 Å². The van der Waals surface area contributed by atoms with Gasteiger partial charge in [-0.3, -0.25) is 14.7 Å². The van der Waals surface area contributed by atoms with E-state index in [-0.39, 0.29) is 24.3 Å². The van der Waals surface area contributed by atoms with Crippen LogP contribution in [0, 0.1) is 0 Å². The first-order valence-electron chi connectivity index (χ1n) is 11.4. The lowest BCUT2D eigenvalue weighted by molar-refractivity contribution is -0.137. The predicted octanol–water partition coefficient (Wildman–Crippen LogP) is 2.55. The SMILES string of the molecule is O=C1CCCN1CC(=O)N1CC[C@H](c2ccc3c(NCCc4ccccc4)n[nH]c3n2)C1. The second-order valence-electron chi connectivity index (χ2n) is 8.61. The number of H-pyrrole nitrogens is 1. The molecule has 0 bridgehead atoms. The summed E-state index contributed by atoms with van der Waals surface area (Å²) in [4.78, 5) is 32.8. The molecule has 2 fully saturated rings. The van der Waals surface area contributed by atoms with Crippen molar-refractivity contribution in [3.63, 3.8) is 0 Å². The van der Waals surface area contributed by atoms with Crippen LogP contribution in [0.4, 0.5) is 5.82 Å². The van der Waals surface area contributed by atoms with Crippen LogP contribution in [0.5, 0.6) is 0 Å². The molecule has 2 aliphatic heterocycles. The van der Waals surface area contributed by atoms with Gasteiger partial charge in [-0.2, -0.15) is 5.10 Å². The topological polar surface area (TPSA) is 94.2 Å². The summed E-state index contributed by atoms with van der Waals surface area (Å²) in [5, 5.41) is 11.8. The lowest BCUT2D eigenvalue weighted by Gasteiger charge is -2.21. The van der Waals surface area contributed by atoms with Gasteiger partial charge >= 0.3 is 0 Å². The van der Waals surface area contributed by atoms with Crippen LogP contribution >= 0.6 is 0 Å². The number of nitrogens with zero attached hydrogens (tertiary/aromatic N) is 4. The summed E-state index contributed by atoms with van der Waals surface area (Å²) in [6, 6.07) is 14.5. The molecule has 2 aliphatic rings. The van der Waals surface area contributed by atoms with Crippen LogP contribution in [0.3, 0.4) is 0 Å². The lowest BCUT2D eigenvalue weighted by atomic mass is 10.0. The Hall–Kier alpha value is -3.42. The first-order chi connectivity index (χ1) is 15.7. The van der Waals surface area contributed by atoms with Crippen LogP contribution in [-0.2, 0) is 16.0 Å². The molecule has 2 aromatic heterocycles. The van der Waals surface area contributed by atoms with Crippen molar-refractivity contribution in [2.45, 2.75) is 31.6 Å². The molecule has 1 atom stereocenters. The van der Waals surface area contributed by atoms with E-state index in [9.17, 15) is 9.59 Å².